The summed E-state index contributed by atoms with van der Waals surface area (Å²) < 4.78 is 0. The molecule has 0 unspecified atom stereocenters. The second kappa shape index (κ2) is 7.77. The van der Waals surface area contributed by atoms with E-state index >= 15 is 0 Å². The van der Waals surface area contributed by atoms with Crippen molar-refractivity contribution in [1.82, 2.24) is 14.9 Å². The first-order chi connectivity index (χ1) is 11.4. The molecule has 0 fully saturated rings. The lowest BCUT2D eigenvalue weighted by atomic mass is 10.2. The molecule has 0 amide bonds. The van der Waals surface area contributed by atoms with Gasteiger partial charge >= 0.3 is 0 Å². The standard InChI is InChI=1S/C20H17N3/c1-2-8-18(9-3-1)12-15-23(16-19-10-4-6-13-21-19)17-20-11-5-7-14-22-20/h1-11,13-14H,16-17H2. The molecule has 0 atom stereocenters. The van der Waals surface area contributed by atoms with E-state index < -0.39 is 0 Å². The Morgan fingerprint density at radius 1 is 0.696 bits per heavy atom. The average molecular weight is 299 g/mol. The Labute approximate surface area is 136 Å². The first-order valence-corrected chi connectivity index (χ1v) is 7.51. The summed E-state index contributed by atoms with van der Waals surface area (Å²) >= 11 is 0. The van der Waals surface area contributed by atoms with Crippen molar-refractivity contribution in [3.05, 3.63) is 96.1 Å². The van der Waals surface area contributed by atoms with Gasteiger partial charge in [0.1, 0.15) is 0 Å². The Morgan fingerprint density at radius 3 is 1.78 bits per heavy atom. The van der Waals surface area contributed by atoms with Gasteiger partial charge in [-0.05, 0) is 42.3 Å². The number of benzene rings is 1. The molecule has 0 bridgehead atoms. The van der Waals surface area contributed by atoms with Gasteiger partial charge in [-0.1, -0.05) is 30.3 Å². The van der Waals surface area contributed by atoms with Crippen LogP contribution in [-0.2, 0) is 13.1 Å². The number of aromatic nitrogens is 2. The van der Waals surface area contributed by atoms with Crippen LogP contribution in [0.1, 0.15) is 17.0 Å². The van der Waals surface area contributed by atoms with Crippen LogP contribution in [0.15, 0.2) is 79.1 Å². The monoisotopic (exact) mass is 299 g/mol. The van der Waals surface area contributed by atoms with Crippen molar-refractivity contribution in [1.29, 1.82) is 0 Å². The van der Waals surface area contributed by atoms with Gasteiger partial charge in [-0.3, -0.25) is 9.97 Å². The van der Waals surface area contributed by atoms with Crippen molar-refractivity contribution in [2.45, 2.75) is 13.1 Å². The van der Waals surface area contributed by atoms with Gasteiger partial charge in [0.05, 0.1) is 24.5 Å². The molecule has 0 aliphatic rings. The van der Waals surface area contributed by atoms with Crippen molar-refractivity contribution >= 4 is 0 Å². The molecule has 0 saturated carbocycles. The lowest BCUT2D eigenvalue weighted by Crippen LogP contribution is -2.18. The maximum Gasteiger partial charge on any atom is 0.0688 e. The molecule has 1 aromatic carbocycles. The fourth-order valence-electron chi connectivity index (χ4n) is 2.17. The van der Waals surface area contributed by atoms with E-state index in [2.05, 4.69) is 21.9 Å². The predicted molar refractivity (Wildman–Crippen MR) is 91.0 cm³/mol. The lowest BCUT2D eigenvalue weighted by molar-refractivity contribution is 0.375. The molecule has 3 rings (SSSR count). The van der Waals surface area contributed by atoms with Crippen molar-refractivity contribution < 1.29 is 0 Å². The minimum atomic E-state index is 0.664. The fourth-order valence-corrected chi connectivity index (χ4v) is 2.17. The van der Waals surface area contributed by atoms with Crippen molar-refractivity contribution in [2.24, 2.45) is 0 Å². The summed E-state index contributed by atoms with van der Waals surface area (Å²) in [5.74, 6) is 3.21. The van der Waals surface area contributed by atoms with Gasteiger partial charge in [0.2, 0.25) is 0 Å². The minimum Gasteiger partial charge on any atom is -0.320 e. The maximum absolute atomic E-state index is 4.39. The van der Waals surface area contributed by atoms with Gasteiger partial charge in [0, 0.05) is 24.0 Å². The van der Waals surface area contributed by atoms with Crippen LogP contribution in [0, 0.1) is 12.0 Å². The SMILES string of the molecule is C(#CN(Cc1ccccn1)Cc1ccccn1)c1ccccc1. The quantitative estimate of drug-likeness (QED) is 0.545. The van der Waals surface area contributed by atoms with E-state index in [9.17, 15) is 0 Å². The summed E-state index contributed by atoms with van der Waals surface area (Å²) in [7, 11) is 0. The summed E-state index contributed by atoms with van der Waals surface area (Å²) in [5.41, 5.74) is 2.98. The third-order valence-corrected chi connectivity index (χ3v) is 3.29. The molecular weight excluding hydrogens is 282 g/mol. The highest BCUT2D eigenvalue weighted by Crippen LogP contribution is 2.06. The molecule has 23 heavy (non-hydrogen) atoms. The minimum absolute atomic E-state index is 0.664. The topological polar surface area (TPSA) is 29.0 Å². The first-order valence-electron chi connectivity index (χ1n) is 7.51. The molecule has 0 radical (unpaired) electrons. The van der Waals surface area contributed by atoms with Crippen molar-refractivity contribution in [3.8, 4) is 12.0 Å². The molecule has 0 aliphatic heterocycles. The van der Waals surface area contributed by atoms with Crippen LogP contribution in [-0.4, -0.2) is 14.9 Å². The number of hydrogen-bond donors (Lipinski definition) is 0. The summed E-state index contributed by atoms with van der Waals surface area (Å²) in [6.07, 6.45) is 3.61. The Morgan fingerprint density at radius 2 is 1.26 bits per heavy atom. The van der Waals surface area contributed by atoms with Crippen molar-refractivity contribution in [2.75, 3.05) is 0 Å². The number of hydrogen-bond acceptors (Lipinski definition) is 3. The molecule has 0 N–H and O–H groups in total. The molecule has 2 heterocycles. The highest BCUT2D eigenvalue weighted by molar-refractivity contribution is 5.33. The molecular formula is C20H17N3. The van der Waals surface area contributed by atoms with Gasteiger partial charge in [0.15, 0.2) is 0 Å². The molecule has 0 aliphatic carbocycles. The van der Waals surface area contributed by atoms with Gasteiger partial charge in [0.25, 0.3) is 0 Å². The fraction of sp³-hybridized carbons (Fsp3) is 0.100. The predicted octanol–water partition coefficient (Wildman–Crippen LogP) is 3.49. The number of nitrogens with zero attached hydrogens (tertiary/aromatic N) is 3. The summed E-state index contributed by atoms with van der Waals surface area (Å²) in [5, 5.41) is 0. The molecule has 3 nitrogen and oxygen atoms in total. The molecule has 112 valence electrons. The Kier molecular flexibility index (Phi) is 5.00. The number of rotatable bonds is 4. The van der Waals surface area contributed by atoms with E-state index in [0.29, 0.717) is 13.1 Å². The van der Waals surface area contributed by atoms with Crippen LogP contribution in [0.5, 0.6) is 0 Å². The third kappa shape index (κ3) is 4.69. The lowest BCUT2D eigenvalue weighted by Gasteiger charge is -2.16. The van der Waals surface area contributed by atoms with Crippen LogP contribution in [0.2, 0.25) is 0 Å². The van der Waals surface area contributed by atoms with Crippen LogP contribution >= 0.6 is 0 Å². The van der Waals surface area contributed by atoms with Crippen LogP contribution in [0.3, 0.4) is 0 Å². The zero-order valence-corrected chi connectivity index (χ0v) is 12.8. The van der Waals surface area contributed by atoms with Gasteiger partial charge in [-0.25, -0.2) is 0 Å². The molecule has 3 aromatic rings. The van der Waals surface area contributed by atoms with E-state index in [-0.39, 0.29) is 0 Å². The van der Waals surface area contributed by atoms with E-state index in [1.54, 1.807) is 12.4 Å². The molecule has 2 aromatic heterocycles. The van der Waals surface area contributed by atoms with E-state index in [1.807, 2.05) is 71.6 Å². The number of pyridine rings is 2. The zero-order valence-electron chi connectivity index (χ0n) is 12.8. The van der Waals surface area contributed by atoms with E-state index in [0.717, 1.165) is 17.0 Å². The zero-order chi connectivity index (χ0) is 15.7. The van der Waals surface area contributed by atoms with Crippen LogP contribution < -0.4 is 0 Å². The molecule has 0 spiro atoms. The third-order valence-electron chi connectivity index (χ3n) is 3.29. The highest BCUT2D eigenvalue weighted by atomic mass is 15.1. The smallest absolute Gasteiger partial charge is 0.0688 e. The summed E-state index contributed by atoms with van der Waals surface area (Å²) in [4.78, 5) is 10.8. The Hall–Kier alpha value is -3.12. The van der Waals surface area contributed by atoms with Crippen molar-refractivity contribution in [3.63, 3.8) is 0 Å². The Balaban J connectivity index is 1.80. The summed E-state index contributed by atoms with van der Waals surface area (Å²) in [6, 6.07) is 25.1. The van der Waals surface area contributed by atoms with Crippen LogP contribution in [0.4, 0.5) is 0 Å². The Bertz CT molecular complexity index is 733. The van der Waals surface area contributed by atoms with E-state index in [4.69, 9.17) is 0 Å². The maximum atomic E-state index is 4.39. The molecule has 0 saturated heterocycles. The van der Waals surface area contributed by atoms with Gasteiger partial charge in [-0.15, -0.1) is 0 Å². The van der Waals surface area contributed by atoms with Crippen LogP contribution in [0.25, 0.3) is 0 Å². The largest absolute Gasteiger partial charge is 0.320 e. The van der Waals surface area contributed by atoms with E-state index in [1.165, 1.54) is 0 Å². The average Bonchev–Trinajstić information content (AvgIpc) is 2.62. The van der Waals surface area contributed by atoms with Gasteiger partial charge in [-0.2, -0.15) is 0 Å². The molecule has 3 heteroatoms. The summed E-state index contributed by atoms with van der Waals surface area (Å²) in [6.45, 7) is 1.33. The second-order valence-corrected chi connectivity index (χ2v) is 5.10. The first kappa shape index (κ1) is 14.8. The van der Waals surface area contributed by atoms with Gasteiger partial charge < -0.3 is 4.90 Å². The highest BCUT2D eigenvalue weighted by Gasteiger charge is 2.04. The second-order valence-electron chi connectivity index (χ2n) is 5.10. The normalized spacial score (nSPS) is 9.74.